The van der Waals surface area contributed by atoms with Crippen molar-refractivity contribution in [1.82, 2.24) is 10.3 Å². The SMILES string of the molecule is CCC(O)(CC)CNC(=O)c1ccc(OCc2ccccn2)cc1. The summed E-state index contributed by atoms with van der Waals surface area (Å²) in [6, 6.07) is 12.6. The average Bonchev–Trinajstić information content (AvgIpc) is 2.65. The fourth-order valence-corrected chi connectivity index (χ4v) is 2.19. The van der Waals surface area contributed by atoms with Crippen LogP contribution in [0, 0.1) is 0 Å². The van der Waals surface area contributed by atoms with Gasteiger partial charge in [-0.25, -0.2) is 0 Å². The molecule has 0 fully saturated rings. The number of aliphatic hydroxyl groups is 1. The number of nitrogens with zero attached hydrogens (tertiary/aromatic N) is 1. The monoisotopic (exact) mass is 328 g/mol. The van der Waals surface area contributed by atoms with Gasteiger partial charge in [-0.15, -0.1) is 0 Å². The molecule has 5 heteroatoms. The first kappa shape index (κ1) is 17.9. The van der Waals surface area contributed by atoms with Crippen LogP contribution in [0.3, 0.4) is 0 Å². The van der Waals surface area contributed by atoms with Crippen LogP contribution in [0.25, 0.3) is 0 Å². The van der Waals surface area contributed by atoms with Crippen molar-refractivity contribution in [2.75, 3.05) is 6.54 Å². The van der Waals surface area contributed by atoms with Crippen molar-refractivity contribution in [3.63, 3.8) is 0 Å². The summed E-state index contributed by atoms with van der Waals surface area (Å²) in [5, 5.41) is 13.0. The summed E-state index contributed by atoms with van der Waals surface area (Å²) >= 11 is 0. The largest absolute Gasteiger partial charge is 0.487 e. The normalized spacial score (nSPS) is 11.1. The number of amides is 1. The van der Waals surface area contributed by atoms with Gasteiger partial charge in [-0.1, -0.05) is 19.9 Å². The van der Waals surface area contributed by atoms with Crippen LogP contribution in [0.4, 0.5) is 0 Å². The first-order valence-corrected chi connectivity index (χ1v) is 8.19. The van der Waals surface area contributed by atoms with Gasteiger partial charge in [-0.3, -0.25) is 9.78 Å². The molecule has 1 aromatic heterocycles. The third kappa shape index (κ3) is 5.06. The quantitative estimate of drug-likeness (QED) is 0.781. The fraction of sp³-hybridized carbons (Fsp3) is 0.368. The molecule has 0 aliphatic carbocycles. The number of carbonyl (C=O) groups excluding carboxylic acids is 1. The van der Waals surface area contributed by atoms with Gasteiger partial charge < -0.3 is 15.2 Å². The van der Waals surface area contributed by atoms with Crippen LogP contribution in [-0.4, -0.2) is 28.1 Å². The zero-order valence-electron chi connectivity index (χ0n) is 14.2. The van der Waals surface area contributed by atoms with Gasteiger partial charge in [0, 0.05) is 18.3 Å². The molecule has 0 aliphatic heterocycles. The van der Waals surface area contributed by atoms with Crippen LogP contribution < -0.4 is 10.1 Å². The van der Waals surface area contributed by atoms with E-state index in [1.54, 1.807) is 30.5 Å². The Morgan fingerprint density at radius 1 is 1.17 bits per heavy atom. The van der Waals surface area contributed by atoms with Crippen LogP contribution in [-0.2, 0) is 6.61 Å². The van der Waals surface area contributed by atoms with Crippen molar-refractivity contribution in [2.45, 2.75) is 38.9 Å². The molecule has 0 radical (unpaired) electrons. The molecule has 0 bridgehead atoms. The number of benzene rings is 1. The minimum Gasteiger partial charge on any atom is -0.487 e. The number of rotatable bonds is 8. The lowest BCUT2D eigenvalue weighted by molar-refractivity contribution is 0.0314. The summed E-state index contributed by atoms with van der Waals surface area (Å²) in [5.41, 5.74) is 0.536. The van der Waals surface area contributed by atoms with Gasteiger partial charge >= 0.3 is 0 Å². The van der Waals surface area contributed by atoms with Gasteiger partial charge in [-0.2, -0.15) is 0 Å². The molecule has 1 amide bonds. The van der Waals surface area contributed by atoms with E-state index in [1.165, 1.54) is 0 Å². The Morgan fingerprint density at radius 3 is 2.46 bits per heavy atom. The van der Waals surface area contributed by atoms with E-state index in [2.05, 4.69) is 10.3 Å². The molecular weight excluding hydrogens is 304 g/mol. The zero-order valence-corrected chi connectivity index (χ0v) is 14.2. The standard InChI is InChI=1S/C19H24N2O3/c1-3-19(23,4-2)14-21-18(22)15-8-10-17(11-9-15)24-13-16-7-5-6-12-20-16/h5-12,23H,3-4,13-14H2,1-2H3,(H,21,22). The number of aromatic nitrogens is 1. The molecule has 0 saturated heterocycles. The van der Waals surface area contributed by atoms with Crippen LogP contribution in [0.15, 0.2) is 48.7 Å². The molecule has 2 rings (SSSR count). The third-order valence-corrected chi connectivity index (χ3v) is 4.12. The fourth-order valence-electron chi connectivity index (χ4n) is 2.19. The molecule has 0 unspecified atom stereocenters. The molecule has 0 aliphatic rings. The molecular formula is C19H24N2O3. The van der Waals surface area contributed by atoms with E-state index in [0.29, 0.717) is 30.8 Å². The van der Waals surface area contributed by atoms with Crippen LogP contribution in [0.1, 0.15) is 42.7 Å². The Balaban J connectivity index is 1.88. The second-order valence-electron chi connectivity index (χ2n) is 5.75. The van der Waals surface area contributed by atoms with E-state index < -0.39 is 5.60 Å². The van der Waals surface area contributed by atoms with Gasteiger partial charge in [0.15, 0.2) is 0 Å². The number of hydrogen-bond donors (Lipinski definition) is 2. The second-order valence-corrected chi connectivity index (χ2v) is 5.75. The van der Waals surface area contributed by atoms with Crippen molar-refractivity contribution in [1.29, 1.82) is 0 Å². The summed E-state index contributed by atoms with van der Waals surface area (Å²) in [7, 11) is 0. The first-order chi connectivity index (χ1) is 11.6. The van der Waals surface area contributed by atoms with Crippen LogP contribution in [0.5, 0.6) is 5.75 Å². The maximum atomic E-state index is 12.1. The smallest absolute Gasteiger partial charge is 0.251 e. The van der Waals surface area contributed by atoms with Crippen molar-refractivity contribution in [3.8, 4) is 5.75 Å². The predicted octanol–water partition coefficient (Wildman–Crippen LogP) is 2.94. The Kier molecular flexibility index (Phi) is 6.32. The Labute approximate surface area is 142 Å². The van der Waals surface area contributed by atoms with Gasteiger partial charge in [0.1, 0.15) is 12.4 Å². The minimum absolute atomic E-state index is 0.202. The highest BCUT2D eigenvalue weighted by atomic mass is 16.5. The minimum atomic E-state index is -0.846. The van der Waals surface area contributed by atoms with E-state index in [0.717, 1.165) is 5.69 Å². The van der Waals surface area contributed by atoms with Crippen LogP contribution in [0.2, 0.25) is 0 Å². The highest BCUT2D eigenvalue weighted by molar-refractivity contribution is 5.94. The molecule has 128 valence electrons. The lowest BCUT2D eigenvalue weighted by atomic mass is 9.97. The summed E-state index contributed by atoms with van der Waals surface area (Å²) in [6.45, 7) is 4.44. The van der Waals surface area contributed by atoms with Crippen molar-refractivity contribution >= 4 is 5.91 Å². The predicted molar refractivity (Wildman–Crippen MR) is 92.9 cm³/mol. The average molecular weight is 328 g/mol. The highest BCUT2D eigenvalue weighted by Crippen LogP contribution is 2.15. The highest BCUT2D eigenvalue weighted by Gasteiger charge is 2.22. The maximum Gasteiger partial charge on any atom is 0.251 e. The molecule has 2 aromatic rings. The molecule has 5 nitrogen and oxygen atoms in total. The summed E-state index contributed by atoms with van der Waals surface area (Å²) in [6.07, 6.45) is 2.92. The van der Waals surface area contributed by atoms with Crippen LogP contribution >= 0.6 is 0 Å². The first-order valence-electron chi connectivity index (χ1n) is 8.19. The van der Waals surface area contributed by atoms with E-state index in [9.17, 15) is 9.90 Å². The Bertz CT molecular complexity index is 637. The lowest BCUT2D eigenvalue weighted by Gasteiger charge is -2.25. The Morgan fingerprint density at radius 2 is 1.88 bits per heavy atom. The van der Waals surface area contributed by atoms with Gasteiger partial charge in [0.05, 0.1) is 11.3 Å². The summed E-state index contributed by atoms with van der Waals surface area (Å²) in [4.78, 5) is 16.3. The van der Waals surface area contributed by atoms with Gasteiger partial charge in [0.2, 0.25) is 0 Å². The van der Waals surface area contributed by atoms with Crippen molar-refractivity contribution in [3.05, 3.63) is 59.9 Å². The maximum absolute atomic E-state index is 12.1. The van der Waals surface area contributed by atoms with Gasteiger partial charge in [0.25, 0.3) is 5.91 Å². The number of pyridine rings is 1. The molecule has 24 heavy (non-hydrogen) atoms. The lowest BCUT2D eigenvalue weighted by Crippen LogP contribution is -2.42. The number of hydrogen-bond acceptors (Lipinski definition) is 4. The number of carbonyl (C=O) groups is 1. The Hall–Kier alpha value is -2.40. The molecule has 1 aromatic carbocycles. The molecule has 1 heterocycles. The zero-order chi connectivity index (χ0) is 17.4. The van der Waals surface area contributed by atoms with Crippen molar-refractivity contribution < 1.29 is 14.6 Å². The topological polar surface area (TPSA) is 71.5 Å². The van der Waals surface area contributed by atoms with Crippen molar-refractivity contribution in [2.24, 2.45) is 0 Å². The second kappa shape index (κ2) is 8.45. The molecule has 0 spiro atoms. The summed E-state index contributed by atoms with van der Waals surface area (Å²) in [5.74, 6) is 0.474. The third-order valence-electron chi connectivity index (χ3n) is 4.12. The van der Waals surface area contributed by atoms with E-state index in [4.69, 9.17) is 4.74 Å². The summed E-state index contributed by atoms with van der Waals surface area (Å²) < 4.78 is 5.64. The molecule has 0 atom stereocenters. The molecule has 0 saturated carbocycles. The van der Waals surface area contributed by atoms with E-state index >= 15 is 0 Å². The number of nitrogens with one attached hydrogen (secondary N) is 1. The van der Waals surface area contributed by atoms with E-state index in [-0.39, 0.29) is 12.5 Å². The van der Waals surface area contributed by atoms with Gasteiger partial charge in [-0.05, 0) is 49.2 Å². The molecule has 2 N–H and O–H groups in total. The number of ether oxygens (including phenoxy) is 1. The van der Waals surface area contributed by atoms with E-state index in [1.807, 2.05) is 32.0 Å².